The summed E-state index contributed by atoms with van der Waals surface area (Å²) in [7, 11) is 0. The van der Waals surface area contributed by atoms with Gasteiger partial charge in [-0.15, -0.1) is 11.7 Å². The van der Waals surface area contributed by atoms with Crippen molar-refractivity contribution >= 4 is 34.9 Å². The van der Waals surface area contributed by atoms with E-state index in [-0.39, 0.29) is 10.8 Å². The van der Waals surface area contributed by atoms with E-state index in [0.717, 1.165) is 18.7 Å². The average molecular weight is 375 g/mol. The van der Waals surface area contributed by atoms with Crippen LogP contribution < -0.4 is 16.0 Å². The number of hydrogen-bond donors (Lipinski definition) is 2. The predicted octanol–water partition coefficient (Wildman–Crippen LogP) is -0.480. The van der Waals surface area contributed by atoms with Crippen molar-refractivity contribution < 1.29 is 9.53 Å². The van der Waals surface area contributed by atoms with Gasteiger partial charge in [0.15, 0.2) is 0 Å². The maximum absolute atomic E-state index is 13.0. The van der Waals surface area contributed by atoms with Crippen LogP contribution in [0, 0.1) is 0 Å². The lowest BCUT2D eigenvalue weighted by Crippen LogP contribution is -2.55. The van der Waals surface area contributed by atoms with Crippen molar-refractivity contribution in [3.05, 3.63) is 23.9 Å². The third kappa shape index (κ3) is 2.89. The second-order valence-corrected chi connectivity index (χ2v) is 6.95. The molecule has 0 radical (unpaired) electrons. The SMILES string of the molecule is C=CCN1CC2=C(Nc3nc(N4CCOCC4)nn3C2)C(=O)C1C(N)=S. The summed E-state index contributed by atoms with van der Waals surface area (Å²) in [5, 5.41) is 7.74. The molecule has 1 saturated heterocycles. The lowest BCUT2D eigenvalue weighted by molar-refractivity contribution is -0.118. The predicted molar refractivity (Wildman–Crippen MR) is 101 cm³/mol. The third-order valence-electron chi connectivity index (χ3n) is 4.77. The lowest BCUT2D eigenvalue weighted by atomic mass is 9.96. The Hall–Kier alpha value is -2.30. The average Bonchev–Trinajstić information content (AvgIpc) is 3.04. The molecule has 0 amide bonds. The van der Waals surface area contributed by atoms with Crippen LogP contribution in [-0.2, 0) is 16.1 Å². The van der Waals surface area contributed by atoms with Gasteiger partial charge in [-0.2, -0.15) is 4.98 Å². The summed E-state index contributed by atoms with van der Waals surface area (Å²) in [5.41, 5.74) is 7.32. The summed E-state index contributed by atoms with van der Waals surface area (Å²) in [4.78, 5) is 21.7. The van der Waals surface area contributed by atoms with Gasteiger partial charge in [0.25, 0.3) is 0 Å². The van der Waals surface area contributed by atoms with E-state index in [9.17, 15) is 4.79 Å². The van der Waals surface area contributed by atoms with E-state index < -0.39 is 6.04 Å². The molecule has 3 aliphatic heterocycles. The maximum Gasteiger partial charge on any atom is 0.246 e. The molecule has 4 rings (SSSR count). The summed E-state index contributed by atoms with van der Waals surface area (Å²) < 4.78 is 7.17. The normalized spacial score (nSPS) is 23.3. The van der Waals surface area contributed by atoms with Gasteiger partial charge in [0.05, 0.1) is 30.4 Å². The minimum Gasteiger partial charge on any atom is -0.392 e. The second-order valence-electron chi connectivity index (χ2n) is 6.48. The molecule has 26 heavy (non-hydrogen) atoms. The summed E-state index contributed by atoms with van der Waals surface area (Å²) in [6.45, 7) is 8.22. The van der Waals surface area contributed by atoms with Gasteiger partial charge in [-0.3, -0.25) is 9.69 Å². The van der Waals surface area contributed by atoms with Crippen molar-refractivity contribution in [3.63, 3.8) is 0 Å². The quantitative estimate of drug-likeness (QED) is 0.534. The molecule has 1 aromatic rings. The number of morpholine rings is 1. The van der Waals surface area contributed by atoms with Crippen molar-refractivity contribution in [1.82, 2.24) is 19.7 Å². The topological polar surface area (TPSA) is 102 Å². The molecule has 9 nitrogen and oxygen atoms in total. The number of anilines is 2. The number of carbonyl (C=O) groups excluding carboxylic acids is 1. The summed E-state index contributed by atoms with van der Waals surface area (Å²) in [5.74, 6) is 1.09. The van der Waals surface area contributed by atoms with Gasteiger partial charge in [0.1, 0.15) is 6.04 Å². The molecule has 1 unspecified atom stereocenters. The van der Waals surface area contributed by atoms with Gasteiger partial charge in [-0.05, 0) is 5.57 Å². The molecule has 0 bridgehead atoms. The number of rotatable bonds is 4. The lowest BCUT2D eigenvalue weighted by Gasteiger charge is -2.37. The van der Waals surface area contributed by atoms with Crippen LogP contribution in [0.5, 0.6) is 0 Å². The van der Waals surface area contributed by atoms with Crippen molar-refractivity contribution in [2.45, 2.75) is 12.6 Å². The van der Waals surface area contributed by atoms with Crippen molar-refractivity contribution in [3.8, 4) is 0 Å². The molecular formula is C16H21N7O2S. The van der Waals surface area contributed by atoms with Crippen LogP contribution in [0.4, 0.5) is 11.9 Å². The number of thiocarbonyl (C=S) groups is 1. The Labute approximate surface area is 156 Å². The van der Waals surface area contributed by atoms with E-state index in [1.807, 2.05) is 4.90 Å². The van der Waals surface area contributed by atoms with E-state index in [2.05, 4.69) is 26.9 Å². The van der Waals surface area contributed by atoms with Crippen LogP contribution in [0.25, 0.3) is 0 Å². The highest BCUT2D eigenvalue weighted by Gasteiger charge is 2.39. The van der Waals surface area contributed by atoms with Gasteiger partial charge in [0.2, 0.25) is 17.7 Å². The van der Waals surface area contributed by atoms with Gasteiger partial charge in [-0.25, -0.2) is 4.68 Å². The molecule has 1 atom stereocenters. The first-order chi connectivity index (χ1) is 12.6. The number of ketones is 1. The zero-order valence-electron chi connectivity index (χ0n) is 14.3. The zero-order chi connectivity index (χ0) is 18.3. The number of hydrogen-bond acceptors (Lipinski definition) is 8. The number of nitrogens with zero attached hydrogens (tertiary/aromatic N) is 5. The fourth-order valence-electron chi connectivity index (χ4n) is 3.54. The van der Waals surface area contributed by atoms with E-state index in [1.54, 1.807) is 10.8 Å². The summed E-state index contributed by atoms with van der Waals surface area (Å²) in [6, 6.07) is -0.623. The van der Waals surface area contributed by atoms with Crippen molar-refractivity contribution in [2.24, 2.45) is 5.73 Å². The molecule has 4 heterocycles. The van der Waals surface area contributed by atoms with Gasteiger partial charge < -0.3 is 20.7 Å². The number of aromatic nitrogens is 3. The molecule has 3 N–H and O–H groups in total. The standard InChI is InChI=1S/C16H21N7O2S/c1-2-3-22-8-10-9-23-15(18-11(10)13(24)12(22)14(17)26)19-16(20-23)21-4-6-25-7-5-21/h2,12H,1,3-9H2,(H2,17,26)(H,18,19,20). The minimum atomic E-state index is -0.623. The third-order valence-corrected chi connectivity index (χ3v) is 5.00. The van der Waals surface area contributed by atoms with Crippen LogP contribution in [0.1, 0.15) is 0 Å². The highest BCUT2D eigenvalue weighted by molar-refractivity contribution is 7.80. The molecule has 3 aliphatic rings. The molecule has 1 fully saturated rings. The van der Waals surface area contributed by atoms with Gasteiger partial charge >= 0.3 is 0 Å². The monoisotopic (exact) mass is 375 g/mol. The molecule has 0 aromatic carbocycles. The van der Waals surface area contributed by atoms with Crippen LogP contribution in [0.2, 0.25) is 0 Å². The van der Waals surface area contributed by atoms with Crippen LogP contribution in [0.3, 0.4) is 0 Å². The minimum absolute atomic E-state index is 0.122. The Morgan fingerprint density at radius 1 is 1.42 bits per heavy atom. The molecular weight excluding hydrogens is 354 g/mol. The molecule has 10 heteroatoms. The first-order valence-corrected chi connectivity index (χ1v) is 8.94. The number of nitrogens with two attached hydrogens (primary N) is 1. The fourth-order valence-corrected chi connectivity index (χ4v) is 3.80. The van der Waals surface area contributed by atoms with Crippen LogP contribution in [0.15, 0.2) is 23.9 Å². The fraction of sp³-hybridized carbons (Fsp3) is 0.500. The Kier molecular flexibility index (Phi) is 4.47. The zero-order valence-corrected chi connectivity index (χ0v) is 15.2. The van der Waals surface area contributed by atoms with Crippen molar-refractivity contribution in [1.29, 1.82) is 0 Å². The van der Waals surface area contributed by atoms with Crippen LogP contribution in [-0.4, -0.2) is 75.9 Å². The van der Waals surface area contributed by atoms with Crippen molar-refractivity contribution in [2.75, 3.05) is 49.6 Å². The largest absolute Gasteiger partial charge is 0.392 e. The molecule has 0 aliphatic carbocycles. The Bertz CT molecular complexity index is 797. The summed E-state index contributed by atoms with van der Waals surface area (Å²) in [6.07, 6.45) is 1.75. The van der Waals surface area contributed by atoms with E-state index in [1.165, 1.54) is 0 Å². The number of fused-ring (bicyclic) bond motifs is 1. The second kappa shape index (κ2) is 6.78. The van der Waals surface area contributed by atoms with Gasteiger partial charge in [0, 0.05) is 26.2 Å². The Morgan fingerprint density at radius 2 is 2.19 bits per heavy atom. The Morgan fingerprint density at radius 3 is 2.88 bits per heavy atom. The highest BCUT2D eigenvalue weighted by Crippen LogP contribution is 2.29. The number of ether oxygens (including phenoxy) is 1. The number of nitrogens with one attached hydrogen (secondary N) is 1. The molecule has 0 saturated carbocycles. The highest BCUT2D eigenvalue weighted by atomic mass is 32.1. The molecule has 138 valence electrons. The van der Waals surface area contributed by atoms with E-state index in [4.69, 9.17) is 22.7 Å². The maximum atomic E-state index is 13.0. The van der Waals surface area contributed by atoms with Crippen LogP contribution >= 0.6 is 12.2 Å². The van der Waals surface area contributed by atoms with Gasteiger partial charge in [-0.1, -0.05) is 18.3 Å². The summed E-state index contributed by atoms with van der Waals surface area (Å²) >= 11 is 5.12. The van der Waals surface area contributed by atoms with E-state index in [0.29, 0.717) is 50.4 Å². The molecule has 0 spiro atoms. The first kappa shape index (κ1) is 17.1. The number of carbonyl (C=O) groups is 1. The number of Topliss-reactive ketones (excluding diaryl/α,β-unsaturated/α-hetero) is 1. The van der Waals surface area contributed by atoms with E-state index >= 15 is 0 Å². The Balaban J connectivity index is 1.61. The molecule has 1 aromatic heterocycles. The smallest absolute Gasteiger partial charge is 0.246 e. The first-order valence-electron chi connectivity index (χ1n) is 8.53.